The van der Waals surface area contributed by atoms with Crippen molar-refractivity contribution in [2.24, 2.45) is 0 Å². The van der Waals surface area contributed by atoms with Crippen LogP contribution in [0.25, 0.3) is 11.2 Å². The third kappa shape index (κ3) is 1.88. The first kappa shape index (κ1) is 14.1. The van der Waals surface area contributed by atoms with Crippen LogP contribution in [0.15, 0.2) is 12.7 Å². The van der Waals surface area contributed by atoms with E-state index in [1.807, 2.05) is 0 Å². The van der Waals surface area contributed by atoms with E-state index in [2.05, 4.69) is 15.0 Å². The van der Waals surface area contributed by atoms with E-state index in [1.54, 1.807) is 0 Å². The molecule has 0 aliphatic carbocycles. The van der Waals surface area contributed by atoms with Crippen molar-refractivity contribution >= 4 is 17.0 Å². The Hall–Kier alpha value is -1.85. The molecule has 10 heteroatoms. The van der Waals surface area contributed by atoms with Crippen LogP contribution in [0, 0.1) is 0 Å². The fraction of sp³-hybridized carbons (Fsp3) is 0.545. The molecule has 0 unspecified atom stereocenters. The SMILES string of the molecule is CO[C@@]1(O)[C@@H](CO)O[C@@H](n2cnc3c(N)ncnc32)[C@@H]1O. The molecule has 0 amide bonds. The highest BCUT2D eigenvalue weighted by Gasteiger charge is 2.57. The second-order valence-corrected chi connectivity index (χ2v) is 4.68. The number of hydrogen-bond donors (Lipinski definition) is 4. The molecule has 1 fully saturated rings. The van der Waals surface area contributed by atoms with Crippen molar-refractivity contribution < 1.29 is 24.8 Å². The lowest BCUT2D eigenvalue weighted by Crippen LogP contribution is -2.50. The predicted octanol–water partition coefficient (Wildman–Crippen LogP) is -2.01. The minimum atomic E-state index is -2.03. The van der Waals surface area contributed by atoms with Gasteiger partial charge in [-0.2, -0.15) is 0 Å². The normalized spacial score (nSPS) is 32.9. The van der Waals surface area contributed by atoms with Gasteiger partial charge in [-0.25, -0.2) is 15.0 Å². The fourth-order valence-electron chi connectivity index (χ4n) is 2.43. The van der Waals surface area contributed by atoms with Crippen LogP contribution in [0.1, 0.15) is 6.23 Å². The van der Waals surface area contributed by atoms with Gasteiger partial charge >= 0.3 is 0 Å². The van der Waals surface area contributed by atoms with Crippen LogP contribution < -0.4 is 5.73 Å². The zero-order chi connectivity index (χ0) is 15.2. The summed E-state index contributed by atoms with van der Waals surface area (Å²) in [5.74, 6) is -1.85. The number of anilines is 1. The molecule has 0 saturated carbocycles. The number of nitrogens with zero attached hydrogens (tertiary/aromatic N) is 4. The van der Waals surface area contributed by atoms with E-state index < -0.39 is 30.8 Å². The maximum atomic E-state index is 10.3. The summed E-state index contributed by atoms with van der Waals surface area (Å²) >= 11 is 0. The van der Waals surface area contributed by atoms with Crippen molar-refractivity contribution in [1.82, 2.24) is 19.5 Å². The molecule has 0 spiro atoms. The molecule has 114 valence electrons. The van der Waals surface area contributed by atoms with Gasteiger partial charge in [0.1, 0.15) is 17.9 Å². The molecular weight excluding hydrogens is 282 g/mol. The summed E-state index contributed by atoms with van der Waals surface area (Å²) in [7, 11) is 1.21. The summed E-state index contributed by atoms with van der Waals surface area (Å²) in [6.07, 6.45) is -0.985. The number of rotatable bonds is 3. The molecule has 3 heterocycles. The lowest BCUT2D eigenvalue weighted by molar-refractivity contribution is -0.252. The van der Waals surface area contributed by atoms with E-state index in [1.165, 1.54) is 24.3 Å². The summed E-state index contributed by atoms with van der Waals surface area (Å²) in [6, 6.07) is 0. The minimum Gasteiger partial charge on any atom is -0.393 e. The van der Waals surface area contributed by atoms with Gasteiger partial charge in [0.05, 0.1) is 12.9 Å². The number of aliphatic hydroxyl groups excluding tert-OH is 2. The van der Waals surface area contributed by atoms with Crippen molar-refractivity contribution in [3.05, 3.63) is 12.7 Å². The molecule has 0 radical (unpaired) electrons. The van der Waals surface area contributed by atoms with Crippen LogP contribution in [0.3, 0.4) is 0 Å². The van der Waals surface area contributed by atoms with Gasteiger partial charge in [-0.05, 0) is 0 Å². The third-order valence-corrected chi connectivity index (χ3v) is 3.61. The van der Waals surface area contributed by atoms with Crippen molar-refractivity contribution in [1.29, 1.82) is 0 Å². The van der Waals surface area contributed by atoms with Crippen LogP contribution >= 0.6 is 0 Å². The summed E-state index contributed by atoms with van der Waals surface area (Å²) in [5.41, 5.74) is 6.38. The number of nitrogen functional groups attached to an aromatic ring is 1. The van der Waals surface area contributed by atoms with Gasteiger partial charge in [0.25, 0.3) is 0 Å². The van der Waals surface area contributed by atoms with Crippen LogP contribution in [-0.4, -0.2) is 66.6 Å². The van der Waals surface area contributed by atoms with Gasteiger partial charge in [-0.3, -0.25) is 4.57 Å². The molecule has 21 heavy (non-hydrogen) atoms. The average Bonchev–Trinajstić information content (AvgIpc) is 3.01. The zero-order valence-corrected chi connectivity index (χ0v) is 11.1. The molecule has 2 aromatic heterocycles. The van der Waals surface area contributed by atoms with Crippen LogP contribution in [0.5, 0.6) is 0 Å². The van der Waals surface area contributed by atoms with E-state index >= 15 is 0 Å². The Kier molecular flexibility index (Phi) is 3.26. The second-order valence-electron chi connectivity index (χ2n) is 4.68. The topological polar surface area (TPSA) is 149 Å². The first-order chi connectivity index (χ1) is 10.0. The number of methoxy groups -OCH3 is 1. The standard InChI is InChI=1S/C11H15N5O5/c1-20-11(19)5(2-17)21-10(7(11)18)16-4-15-6-8(12)13-3-14-9(6)16/h3-5,7,10,17-19H,2H2,1H3,(H2,12,13,14)/t5-,7+,10-,11+/m1/s1. The van der Waals surface area contributed by atoms with Gasteiger partial charge in [0.2, 0.25) is 5.79 Å². The number of aliphatic hydroxyl groups is 3. The second kappa shape index (κ2) is 4.86. The Morgan fingerprint density at radius 2 is 2.24 bits per heavy atom. The maximum absolute atomic E-state index is 10.3. The maximum Gasteiger partial charge on any atom is 0.225 e. The third-order valence-electron chi connectivity index (χ3n) is 3.61. The quantitative estimate of drug-likeness (QED) is 0.471. The Morgan fingerprint density at radius 3 is 2.86 bits per heavy atom. The van der Waals surface area contributed by atoms with Crippen LogP contribution in [0.4, 0.5) is 5.82 Å². The molecule has 1 aliphatic rings. The highest BCUT2D eigenvalue weighted by molar-refractivity contribution is 5.81. The summed E-state index contributed by atoms with van der Waals surface area (Å²) in [5, 5.41) is 29.8. The van der Waals surface area contributed by atoms with Crippen molar-refractivity contribution in [3.63, 3.8) is 0 Å². The van der Waals surface area contributed by atoms with Gasteiger partial charge in [-0.1, -0.05) is 0 Å². The molecule has 5 N–H and O–H groups in total. The predicted molar refractivity (Wildman–Crippen MR) is 68.7 cm³/mol. The molecule has 4 atom stereocenters. The monoisotopic (exact) mass is 297 g/mol. The highest BCUT2D eigenvalue weighted by atomic mass is 16.7. The number of ether oxygens (including phenoxy) is 2. The number of aromatic nitrogens is 4. The molecule has 3 rings (SSSR count). The average molecular weight is 297 g/mol. The minimum absolute atomic E-state index is 0.187. The van der Waals surface area contributed by atoms with Crippen molar-refractivity contribution in [3.8, 4) is 0 Å². The first-order valence-corrected chi connectivity index (χ1v) is 6.17. The molecular formula is C11H15N5O5. The van der Waals surface area contributed by atoms with Crippen LogP contribution in [-0.2, 0) is 9.47 Å². The summed E-state index contributed by atoms with van der Waals surface area (Å²) in [6.45, 7) is -0.526. The van der Waals surface area contributed by atoms with Crippen molar-refractivity contribution in [2.45, 2.75) is 24.2 Å². The van der Waals surface area contributed by atoms with Crippen LogP contribution in [0.2, 0.25) is 0 Å². The first-order valence-electron chi connectivity index (χ1n) is 6.17. The smallest absolute Gasteiger partial charge is 0.225 e. The highest BCUT2D eigenvalue weighted by Crippen LogP contribution is 2.38. The molecule has 0 aromatic carbocycles. The Labute approximate surface area is 118 Å². The summed E-state index contributed by atoms with van der Waals surface area (Å²) < 4.78 is 11.8. The number of hydrogen-bond acceptors (Lipinski definition) is 9. The molecule has 2 aromatic rings. The Morgan fingerprint density at radius 1 is 1.48 bits per heavy atom. The number of imidazole rings is 1. The lowest BCUT2D eigenvalue weighted by atomic mass is 10.1. The number of fused-ring (bicyclic) bond motifs is 1. The largest absolute Gasteiger partial charge is 0.393 e. The molecule has 1 saturated heterocycles. The van der Waals surface area contributed by atoms with E-state index in [0.29, 0.717) is 11.2 Å². The fourth-order valence-corrected chi connectivity index (χ4v) is 2.43. The van der Waals surface area contributed by atoms with Gasteiger partial charge in [-0.15, -0.1) is 0 Å². The number of nitrogens with two attached hydrogens (primary N) is 1. The Balaban J connectivity index is 2.06. The molecule has 10 nitrogen and oxygen atoms in total. The molecule has 1 aliphatic heterocycles. The Bertz CT molecular complexity index is 663. The van der Waals surface area contributed by atoms with E-state index in [-0.39, 0.29) is 5.82 Å². The summed E-state index contributed by atoms with van der Waals surface area (Å²) in [4.78, 5) is 11.9. The van der Waals surface area contributed by atoms with E-state index in [0.717, 1.165) is 0 Å². The van der Waals surface area contributed by atoms with Gasteiger partial charge in [0, 0.05) is 7.11 Å². The molecule has 0 bridgehead atoms. The van der Waals surface area contributed by atoms with Gasteiger partial charge in [0.15, 0.2) is 23.8 Å². The lowest BCUT2D eigenvalue weighted by Gasteiger charge is -2.28. The van der Waals surface area contributed by atoms with E-state index in [9.17, 15) is 15.3 Å². The van der Waals surface area contributed by atoms with Crippen molar-refractivity contribution in [2.75, 3.05) is 19.5 Å². The van der Waals surface area contributed by atoms with E-state index in [4.69, 9.17) is 15.2 Å². The van der Waals surface area contributed by atoms with Gasteiger partial charge < -0.3 is 30.5 Å². The zero-order valence-electron chi connectivity index (χ0n) is 11.1.